The van der Waals surface area contributed by atoms with E-state index in [-0.39, 0.29) is 25.4 Å². The van der Waals surface area contributed by atoms with E-state index in [1.165, 1.54) is 0 Å². The zero-order chi connectivity index (χ0) is 17.4. The normalized spacial score (nSPS) is 21.7. The number of carboxylic acids is 1. The lowest BCUT2D eigenvalue weighted by atomic mass is 9.94. The Kier molecular flexibility index (Phi) is 7.06. The van der Waals surface area contributed by atoms with Crippen molar-refractivity contribution in [3.63, 3.8) is 0 Å². The Labute approximate surface area is 141 Å². The van der Waals surface area contributed by atoms with Crippen molar-refractivity contribution >= 4 is 11.9 Å². The lowest BCUT2D eigenvalue weighted by molar-refractivity contribution is -0.162. The molecule has 1 saturated carbocycles. The van der Waals surface area contributed by atoms with Crippen molar-refractivity contribution in [1.29, 1.82) is 0 Å². The van der Waals surface area contributed by atoms with Gasteiger partial charge in [-0.3, -0.25) is 9.59 Å². The van der Waals surface area contributed by atoms with Crippen LogP contribution in [0.1, 0.15) is 32.6 Å². The van der Waals surface area contributed by atoms with Crippen LogP contribution in [0.15, 0.2) is 30.3 Å². The summed E-state index contributed by atoms with van der Waals surface area (Å²) >= 11 is 0. The van der Waals surface area contributed by atoms with Gasteiger partial charge >= 0.3 is 11.9 Å². The molecule has 1 N–H and O–H groups in total. The van der Waals surface area contributed by atoms with Gasteiger partial charge in [0.25, 0.3) is 0 Å². The molecular formula is C18H24O6. The molecule has 24 heavy (non-hydrogen) atoms. The number of para-hydroxylation sites is 1. The minimum atomic E-state index is -1.26. The molecule has 0 aliphatic heterocycles. The summed E-state index contributed by atoms with van der Waals surface area (Å²) in [5.74, 6) is -2.36. The van der Waals surface area contributed by atoms with Crippen LogP contribution >= 0.6 is 0 Å². The molecule has 0 radical (unpaired) electrons. The van der Waals surface area contributed by atoms with Gasteiger partial charge in [0.05, 0.1) is 25.4 Å². The van der Waals surface area contributed by atoms with E-state index in [0.29, 0.717) is 0 Å². The lowest BCUT2D eigenvalue weighted by Crippen LogP contribution is -2.34. The number of benzene rings is 1. The highest BCUT2D eigenvalue weighted by Gasteiger charge is 2.30. The minimum absolute atomic E-state index is 0.0445. The van der Waals surface area contributed by atoms with E-state index < -0.39 is 17.9 Å². The van der Waals surface area contributed by atoms with E-state index in [9.17, 15) is 9.59 Å². The highest BCUT2D eigenvalue weighted by Crippen LogP contribution is 2.25. The highest BCUT2D eigenvalue weighted by atomic mass is 16.5. The minimum Gasteiger partial charge on any atom is -0.490 e. The van der Waals surface area contributed by atoms with Crippen molar-refractivity contribution in [3.05, 3.63) is 30.3 Å². The third-order valence-corrected chi connectivity index (χ3v) is 4.03. The van der Waals surface area contributed by atoms with Crippen molar-refractivity contribution in [2.75, 3.05) is 13.2 Å². The van der Waals surface area contributed by atoms with Gasteiger partial charge in [0.1, 0.15) is 5.75 Å². The molecular weight excluding hydrogens is 312 g/mol. The molecule has 0 heterocycles. The van der Waals surface area contributed by atoms with Crippen molar-refractivity contribution < 1.29 is 28.9 Å². The van der Waals surface area contributed by atoms with Gasteiger partial charge in [-0.1, -0.05) is 18.2 Å². The van der Waals surface area contributed by atoms with Gasteiger partial charge < -0.3 is 19.3 Å². The number of rotatable bonds is 8. The first-order valence-electron chi connectivity index (χ1n) is 8.33. The van der Waals surface area contributed by atoms with Gasteiger partial charge in [-0.2, -0.15) is 0 Å². The van der Waals surface area contributed by atoms with Crippen LogP contribution in [0.3, 0.4) is 0 Å². The van der Waals surface area contributed by atoms with Crippen LogP contribution in [0, 0.1) is 5.92 Å². The molecule has 1 aliphatic rings. The topological polar surface area (TPSA) is 82.1 Å². The molecule has 6 nitrogen and oxygen atoms in total. The number of carboxylic acid groups (broad SMARTS) is 1. The highest BCUT2D eigenvalue weighted by molar-refractivity contribution is 5.94. The van der Waals surface area contributed by atoms with Gasteiger partial charge in [0, 0.05) is 0 Å². The van der Waals surface area contributed by atoms with Crippen LogP contribution < -0.4 is 4.74 Å². The van der Waals surface area contributed by atoms with Gasteiger partial charge in [-0.25, -0.2) is 0 Å². The summed E-state index contributed by atoms with van der Waals surface area (Å²) in [4.78, 5) is 22.8. The van der Waals surface area contributed by atoms with E-state index in [0.717, 1.165) is 31.4 Å². The molecule has 0 bridgehead atoms. The van der Waals surface area contributed by atoms with Gasteiger partial charge in [-0.15, -0.1) is 0 Å². The second-order valence-electron chi connectivity index (χ2n) is 5.81. The second-order valence-corrected chi connectivity index (χ2v) is 5.81. The number of aliphatic carboxylic acids is 1. The number of hydrogen-bond donors (Lipinski definition) is 1. The zero-order valence-electron chi connectivity index (χ0n) is 13.8. The molecule has 0 spiro atoms. The number of ether oxygens (including phenoxy) is 3. The number of hydrogen-bond acceptors (Lipinski definition) is 5. The number of carbonyl (C=O) groups is 2. The second kappa shape index (κ2) is 9.27. The first-order valence-corrected chi connectivity index (χ1v) is 8.33. The average Bonchev–Trinajstić information content (AvgIpc) is 2.57. The van der Waals surface area contributed by atoms with E-state index >= 15 is 0 Å². The summed E-state index contributed by atoms with van der Waals surface area (Å²) < 4.78 is 16.3. The predicted molar refractivity (Wildman–Crippen MR) is 86.8 cm³/mol. The quantitative estimate of drug-likeness (QED) is 0.580. The van der Waals surface area contributed by atoms with E-state index in [4.69, 9.17) is 19.3 Å². The van der Waals surface area contributed by atoms with Crippen molar-refractivity contribution in [1.82, 2.24) is 0 Å². The van der Waals surface area contributed by atoms with Crippen LogP contribution in [0.2, 0.25) is 0 Å². The maximum atomic E-state index is 11.6. The lowest BCUT2D eigenvalue weighted by Gasteiger charge is -2.29. The fraction of sp³-hybridized carbons (Fsp3) is 0.556. The number of carbonyl (C=O) groups excluding carboxylic acids is 1. The van der Waals surface area contributed by atoms with Crippen LogP contribution in [0.4, 0.5) is 0 Å². The molecule has 0 amide bonds. The van der Waals surface area contributed by atoms with Crippen LogP contribution in [-0.4, -0.2) is 42.5 Å². The maximum Gasteiger partial charge on any atom is 0.322 e. The molecule has 1 aliphatic carbocycles. The van der Waals surface area contributed by atoms with E-state index in [1.54, 1.807) is 6.92 Å². The van der Waals surface area contributed by atoms with Crippen LogP contribution in [0.25, 0.3) is 0 Å². The van der Waals surface area contributed by atoms with E-state index in [2.05, 4.69) is 0 Å². The van der Waals surface area contributed by atoms with Gasteiger partial charge in [0.15, 0.2) is 5.92 Å². The van der Waals surface area contributed by atoms with Crippen molar-refractivity contribution in [3.8, 4) is 5.75 Å². The molecule has 1 aromatic carbocycles. The Morgan fingerprint density at radius 1 is 1.12 bits per heavy atom. The molecule has 0 saturated heterocycles. The third kappa shape index (κ3) is 5.53. The summed E-state index contributed by atoms with van der Waals surface area (Å²) in [7, 11) is 0. The molecule has 6 heteroatoms. The van der Waals surface area contributed by atoms with Gasteiger partial charge in [0.2, 0.25) is 0 Å². The van der Waals surface area contributed by atoms with Crippen LogP contribution in [0.5, 0.6) is 5.75 Å². The Morgan fingerprint density at radius 2 is 1.75 bits per heavy atom. The standard InChI is InChI=1S/C18H24O6/c1-2-22-18(21)16(17(19)20)12-23-13-8-10-15(11-9-13)24-14-6-4-3-5-7-14/h3-7,13,15-16H,2,8-12H2,1H3,(H,19,20). The first kappa shape index (κ1) is 18.3. The fourth-order valence-corrected chi connectivity index (χ4v) is 2.72. The largest absolute Gasteiger partial charge is 0.490 e. The van der Waals surface area contributed by atoms with Gasteiger partial charge in [-0.05, 0) is 44.7 Å². The average molecular weight is 336 g/mol. The summed E-state index contributed by atoms with van der Waals surface area (Å²) in [5.41, 5.74) is 0. The maximum absolute atomic E-state index is 11.6. The van der Waals surface area contributed by atoms with E-state index in [1.807, 2.05) is 30.3 Å². The Balaban J connectivity index is 1.74. The monoisotopic (exact) mass is 336 g/mol. The predicted octanol–water partition coefficient (Wildman–Crippen LogP) is 2.66. The third-order valence-electron chi connectivity index (χ3n) is 4.03. The first-order chi connectivity index (χ1) is 11.6. The Morgan fingerprint density at radius 3 is 2.33 bits per heavy atom. The summed E-state index contributed by atoms with van der Waals surface area (Å²) in [6.45, 7) is 1.65. The molecule has 2 rings (SSSR count). The molecule has 1 unspecified atom stereocenters. The van der Waals surface area contributed by atoms with Crippen LogP contribution in [-0.2, 0) is 19.1 Å². The van der Waals surface area contributed by atoms with Crippen molar-refractivity contribution in [2.24, 2.45) is 5.92 Å². The summed E-state index contributed by atoms with van der Waals surface area (Å²) in [6.07, 6.45) is 3.36. The molecule has 132 valence electrons. The van der Waals surface area contributed by atoms with Crippen molar-refractivity contribution in [2.45, 2.75) is 44.8 Å². The summed E-state index contributed by atoms with van der Waals surface area (Å²) in [6, 6.07) is 9.68. The SMILES string of the molecule is CCOC(=O)C(COC1CCC(Oc2ccccc2)CC1)C(=O)O. The molecule has 1 fully saturated rings. The molecule has 1 aromatic rings. The molecule has 0 aromatic heterocycles. The smallest absolute Gasteiger partial charge is 0.322 e. The number of esters is 1. The summed E-state index contributed by atoms with van der Waals surface area (Å²) in [5, 5.41) is 9.11. The Bertz CT molecular complexity index is 522. The Hall–Kier alpha value is -2.08. The fourth-order valence-electron chi connectivity index (χ4n) is 2.72. The molecule has 1 atom stereocenters. The zero-order valence-corrected chi connectivity index (χ0v) is 13.8.